The van der Waals surface area contributed by atoms with E-state index in [0.717, 1.165) is 44.1 Å². The number of aliphatic carboxylic acids is 1. The zero-order valence-electron chi connectivity index (χ0n) is 15.0. The van der Waals surface area contributed by atoms with E-state index < -0.39 is 11.8 Å². The minimum atomic E-state index is -1.04. The average molecular weight is 390 g/mol. The van der Waals surface area contributed by atoms with E-state index in [2.05, 4.69) is 4.98 Å². The molecule has 27 heavy (non-hydrogen) atoms. The van der Waals surface area contributed by atoms with E-state index in [4.69, 9.17) is 9.84 Å². The molecular weight excluding hydrogens is 368 g/mol. The van der Waals surface area contributed by atoms with Crippen LogP contribution in [0.25, 0.3) is 10.2 Å². The number of hydrogen-bond acceptors (Lipinski definition) is 6. The third-order valence-electron chi connectivity index (χ3n) is 5.30. The summed E-state index contributed by atoms with van der Waals surface area (Å²) in [6.07, 6.45) is 5.22. The fourth-order valence-corrected chi connectivity index (χ4v) is 5.20. The zero-order chi connectivity index (χ0) is 19.0. The van der Waals surface area contributed by atoms with E-state index in [-0.39, 0.29) is 30.3 Å². The van der Waals surface area contributed by atoms with Crippen molar-refractivity contribution in [1.82, 2.24) is 9.55 Å². The summed E-state index contributed by atoms with van der Waals surface area (Å²) in [7, 11) is 0. The van der Waals surface area contributed by atoms with Crippen molar-refractivity contribution in [2.24, 2.45) is 0 Å². The number of carbonyl (C=O) groups excluding carboxylic acids is 1. The van der Waals surface area contributed by atoms with E-state index in [1.54, 1.807) is 0 Å². The minimum absolute atomic E-state index is 0.0721. The number of carbonyl (C=O) groups is 2. The van der Waals surface area contributed by atoms with Crippen LogP contribution in [-0.2, 0) is 28.9 Å². The lowest BCUT2D eigenvalue weighted by Crippen LogP contribution is -2.32. The summed E-state index contributed by atoms with van der Waals surface area (Å²) in [6.45, 7) is 0.950. The van der Waals surface area contributed by atoms with Crippen LogP contribution in [0.5, 0.6) is 0 Å². The highest BCUT2D eigenvalue weighted by Crippen LogP contribution is 2.34. The van der Waals surface area contributed by atoms with Crippen LogP contribution >= 0.6 is 11.3 Å². The van der Waals surface area contributed by atoms with Crippen molar-refractivity contribution in [2.45, 2.75) is 64.0 Å². The van der Waals surface area contributed by atoms with Crippen LogP contribution in [0.15, 0.2) is 4.79 Å². The number of Topliss-reactive ketones (excluding diaryl/α,β-unsaturated/α-hetero) is 1. The zero-order valence-corrected chi connectivity index (χ0v) is 15.8. The van der Waals surface area contributed by atoms with E-state index >= 15 is 0 Å². The van der Waals surface area contributed by atoms with E-state index in [1.165, 1.54) is 20.8 Å². The van der Waals surface area contributed by atoms with Crippen molar-refractivity contribution in [3.05, 3.63) is 26.6 Å². The molecule has 0 amide bonds. The number of carboxylic acids is 1. The maximum atomic E-state index is 13.3. The standard InChI is InChI=1S/C19H22N2O5S/c22-13(7-8-15(23)24)17-20-18-16(12-5-1-2-6-14(12)27-18)19(25)21(17)10-11-4-3-9-26-11/h11H,1-10H2,(H,23,24). The summed E-state index contributed by atoms with van der Waals surface area (Å²) in [5.74, 6) is -1.37. The van der Waals surface area contributed by atoms with E-state index in [1.807, 2.05) is 0 Å². The Hall–Kier alpha value is -2.06. The molecule has 2 aromatic rings. The third-order valence-corrected chi connectivity index (χ3v) is 6.49. The second-order valence-electron chi connectivity index (χ2n) is 7.19. The van der Waals surface area contributed by atoms with Gasteiger partial charge < -0.3 is 9.84 Å². The number of fused-ring (bicyclic) bond motifs is 3. The number of ketones is 1. The predicted octanol–water partition coefficient (Wildman–Crippen LogP) is 2.56. The van der Waals surface area contributed by atoms with Crippen molar-refractivity contribution in [3.8, 4) is 0 Å². The van der Waals surface area contributed by atoms with Crippen molar-refractivity contribution in [2.75, 3.05) is 6.61 Å². The lowest BCUT2D eigenvalue weighted by atomic mass is 9.97. The van der Waals surface area contributed by atoms with Gasteiger partial charge in [-0.25, -0.2) is 4.98 Å². The summed E-state index contributed by atoms with van der Waals surface area (Å²) >= 11 is 1.50. The van der Waals surface area contributed by atoms with E-state index in [9.17, 15) is 14.4 Å². The molecule has 1 atom stereocenters. The fourth-order valence-electron chi connectivity index (χ4n) is 3.94. The van der Waals surface area contributed by atoms with Crippen LogP contribution < -0.4 is 5.56 Å². The van der Waals surface area contributed by atoms with Crippen molar-refractivity contribution < 1.29 is 19.4 Å². The number of ether oxygens (including phenoxy) is 1. The Labute approximate surface area is 160 Å². The molecule has 0 saturated carbocycles. The first-order valence-electron chi connectivity index (χ1n) is 9.46. The van der Waals surface area contributed by atoms with Gasteiger partial charge in [-0.3, -0.25) is 19.0 Å². The number of thiophene rings is 1. The normalized spacial score (nSPS) is 19.3. The molecule has 0 bridgehead atoms. The van der Waals surface area contributed by atoms with Crippen molar-refractivity contribution in [3.63, 3.8) is 0 Å². The van der Waals surface area contributed by atoms with Crippen LogP contribution in [0.3, 0.4) is 0 Å². The molecule has 144 valence electrons. The quantitative estimate of drug-likeness (QED) is 0.761. The summed E-state index contributed by atoms with van der Waals surface area (Å²) in [5.41, 5.74) is 0.901. The van der Waals surface area contributed by atoms with Gasteiger partial charge in [0.15, 0.2) is 11.6 Å². The number of carboxylic acid groups (broad SMARTS) is 1. The summed E-state index contributed by atoms with van der Waals surface area (Å²) in [6, 6.07) is 0. The van der Waals surface area contributed by atoms with Crippen LogP contribution in [-0.4, -0.2) is 39.1 Å². The largest absolute Gasteiger partial charge is 0.481 e. The van der Waals surface area contributed by atoms with Crippen LogP contribution in [0, 0.1) is 0 Å². The molecule has 1 saturated heterocycles. The maximum absolute atomic E-state index is 13.3. The van der Waals surface area contributed by atoms with Crippen molar-refractivity contribution in [1.29, 1.82) is 0 Å². The Morgan fingerprint density at radius 1 is 1.22 bits per heavy atom. The van der Waals surface area contributed by atoms with Gasteiger partial charge in [0.2, 0.25) is 0 Å². The minimum Gasteiger partial charge on any atom is -0.481 e. The molecule has 2 aliphatic rings. The van der Waals surface area contributed by atoms with Gasteiger partial charge in [-0.1, -0.05) is 0 Å². The van der Waals surface area contributed by atoms with E-state index in [0.29, 0.717) is 23.4 Å². The summed E-state index contributed by atoms with van der Waals surface area (Å²) in [5, 5.41) is 9.53. The molecule has 2 aromatic heterocycles. The Morgan fingerprint density at radius 2 is 2.04 bits per heavy atom. The van der Waals surface area contributed by atoms with Gasteiger partial charge >= 0.3 is 5.97 Å². The molecule has 7 nitrogen and oxygen atoms in total. The lowest BCUT2D eigenvalue weighted by Gasteiger charge is -2.16. The maximum Gasteiger partial charge on any atom is 0.303 e. The highest BCUT2D eigenvalue weighted by atomic mass is 32.1. The molecule has 0 radical (unpaired) electrons. The highest BCUT2D eigenvalue weighted by Gasteiger charge is 2.26. The first kappa shape index (κ1) is 18.3. The first-order valence-corrected chi connectivity index (χ1v) is 10.3. The molecule has 0 spiro atoms. The van der Waals surface area contributed by atoms with Gasteiger partial charge in [-0.05, 0) is 44.1 Å². The first-order chi connectivity index (χ1) is 13.0. The number of hydrogen-bond donors (Lipinski definition) is 1. The highest BCUT2D eigenvalue weighted by molar-refractivity contribution is 7.18. The number of rotatable bonds is 6. The number of nitrogens with zero attached hydrogens (tertiary/aromatic N) is 2. The van der Waals surface area contributed by atoms with Gasteiger partial charge in [0, 0.05) is 17.9 Å². The Balaban J connectivity index is 1.82. The molecule has 1 fully saturated rings. The van der Waals surface area contributed by atoms with Crippen LogP contribution in [0.1, 0.15) is 59.6 Å². The van der Waals surface area contributed by atoms with Gasteiger partial charge in [-0.15, -0.1) is 11.3 Å². The molecule has 8 heteroatoms. The average Bonchev–Trinajstić information content (AvgIpc) is 3.28. The van der Waals surface area contributed by atoms with Gasteiger partial charge in [0.1, 0.15) is 4.83 Å². The molecular formula is C19H22N2O5S. The summed E-state index contributed by atoms with van der Waals surface area (Å²) in [4.78, 5) is 43.2. The predicted molar refractivity (Wildman–Crippen MR) is 101 cm³/mol. The smallest absolute Gasteiger partial charge is 0.303 e. The van der Waals surface area contributed by atoms with Gasteiger partial charge in [0.05, 0.1) is 24.5 Å². The molecule has 3 heterocycles. The molecule has 1 unspecified atom stereocenters. The van der Waals surface area contributed by atoms with Gasteiger partial charge in [-0.2, -0.15) is 0 Å². The van der Waals surface area contributed by atoms with Crippen LogP contribution in [0.4, 0.5) is 0 Å². The molecule has 4 rings (SSSR count). The number of aromatic nitrogens is 2. The number of aryl methyl sites for hydroxylation is 2. The van der Waals surface area contributed by atoms with Crippen LogP contribution in [0.2, 0.25) is 0 Å². The summed E-state index contributed by atoms with van der Waals surface area (Å²) < 4.78 is 7.10. The van der Waals surface area contributed by atoms with Crippen molar-refractivity contribution >= 4 is 33.3 Å². The van der Waals surface area contributed by atoms with Gasteiger partial charge in [0.25, 0.3) is 5.56 Å². The molecule has 1 aliphatic carbocycles. The lowest BCUT2D eigenvalue weighted by molar-refractivity contribution is -0.136. The molecule has 1 aliphatic heterocycles. The second-order valence-corrected chi connectivity index (χ2v) is 8.28. The Bertz CT molecular complexity index is 955. The second kappa shape index (κ2) is 7.52. The molecule has 1 N–H and O–H groups in total. The topological polar surface area (TPSA) is 98.5 Å². The SMILES string of the molecule is O=C(O)CCC(=O)c1nc2sc3c(c2c(=O)n1CC1CCCO1)CCCC3. The molecule has 0 aromatic carbocycles. The fraction of sp³-hybridized carbons (Fsp3) is 0.579. The third kappa shape index (κ3) is 3.55. The Kier molecular flexibility index (Phi) is 5.10. The monoisotopic (exact) mass is 390 g/mol. The Morgan fingerprint density at radius 3 is 2.78 bits per heavy atom.